The van der Waals surface area contributed by atoms with Gasteiger partial charge in [-0.1, -0.05) is 36.4 Å². The maximum Gasteiger partial charge on any atom is 0.341 e. The topological polar surface area (TPSA) is 94.6 Å². The Hall–Kier alpha value is -3.28. The minimum Gasteiger partial charge on any atom is -0.481 e. The van der Waals surface area contributed by atoms with Crippen molar-refractivity contribution in [3.8, 4) is 5.75 Å². The van der Waals surface area contributed by atoms with Gasteiger partial charge in [-0.2, -0.15) is 0 Å². The molecule has 0 aliphatic rings. The van der Waals surface area contributed by atoms with Crippen LogP contribution in [0.15, 0.2) is 42.5 Å². The first-order chi connectivity index (χ1) is 12.4. The molecule has 2 aromatic carbocycles. The zero-order chi connectivity index (χ0) is 18.8. The molecule has 0 aliphatic carbocycles. The maximum absolute atomic E-state index is 12.1. The van der Waals surface area contributed by atoms with Crippen molar-refractivity contribution in [2.75, 3.05) is 6.61 Å². The molecule has 0 aliphatic heterocycles. The molecule has 0 bridgehead atoms. The van der Waals surface area contributed by atoms with Crippen LogP contribution in [0.4, 0.5) is 0 Å². The minimum atomic E-state index is -1.08. The first-order valence-electron chi connectivity index (χ1n) is 8.21. The second-order valence-electron chi connectivity index (χ2n) is 6.18. The molecule has 134 valence electrons. The summed E-state index contributed by atoms with van der Waals surface area (Å²) in [5.41, 5.74) is 9.34. The Kier molecular flexibility index (Phi) is 4.67. The number of carboxylic acid groups (broad SMARTS) is 1. The minimum absolute atomic E-state index is 0.361. The summed E-state index contributed by atoms with van der Waals surface area (Å²) in [4.78, 5) is 23.1. The van der Waals surface area contributed by atoms with Crippen LogP contribution in [0.5, 0.6) is 5.75 Å². The van der Waals surface area contributed by atoms with Crippen molar-refractivity contribution >= 4 is 22.8 Å². The highest BCUT2D eigenvalue weighted by molar-refractivity contribution is 6.10. The number of aliphatic carboxylic acids is 1. The van der Waals surface area contributed by atoms with Gasteiger partial charge in [-0.05, 0) is 31.0 Å². The lowest BCUT2D eigenvalue weighted by atomic mass is 10.1. The summed E-state index contributed by atoms with van der Waals surface area (Å²) in [6.07, 6.45) is 0. The molecular weight excluding hydrogens is 332 g/mol. The fourth-order valence-corrected chi connectivity index (χ4v) is 3.23. The molecule has 0 atom stereocenters. The zero-order valence-electron chi connectivity index (χ0n) is 14.7. The molecule has 3 N–H and O–H groups in total. The second kappa shape index (κ2) is 6.92. The number of fused-ring (bicyclic) bond motifs is 1. The summed E-state index contributed by atoms with van der Waals surface area (Å²) >= 11 is 0. The van der Waals surface area contributed by atoms with E-state index in [1.54, 1.807) is 0 Å². The molecule has 0 spiro atoms. The van der Waals surface area contributed by atoms with Gasteiger partial charge in [0.05, 0.1) is 16.5 Å². The van der Waals surface area contributed by atoms with Gasteiger partial charge in [0.15, 0.2) is 6.61 Å². The summed E-state index contributed by atoms with van der Waals surface area (Å²) < 4.78 is 7.50. The number of hydrogen-bond donors (Lipinski definition) is 2. The molecule has 6 heteroatoms. The Labute approximate surface area is 150 Å². The van der Waals surface area contributed by atoms with Gasteiger partial charge >= 0.3 is 5.97 Å². The third-order valence-corrected chi connectivity index (χ3v) is 4.41. The third-order valence-electron chi connectivity index (χ3n) is 4.41. The summed E-state index contributed by atoms with van der Waals surface area (Å²) in [6.45, 7) is 3.73. The van der Waals surface area contributed by atoms with Crippen LogP contribution >= 0.6 is 0 Å². The quantitative estimate of drug-likeness (QED) is 0.713. The summed E-state index contributed by atoms with van der Waals surface area (Å²) in [5, 5.41) is 9.51. The fraction of sp³-hybridized carbons (Fsp3) is 0.200. The van der Waals surface area contributed by atoms with Gasteiger partial charge in [0.1, 0.15) is 5.75 Å². The van der Waals surface area contributed by atoms with Crippen molar-refractivity contribution in [3.63, 3.8) is 0 Å². The van der Waals surface area contributed by atoms with Gasteiger partial charge in [0.25, 0.3) is 5.91 Å². The molecule has 1 amide bonds. The van der Waals surface area contributed by atoms with E-state index in [0.29, 0.717) is 23.2 Å². The molecule has 0 fully saturated rings. The number of hydrogen-bond acceptors (Lipinski definition) is 3. The van der Waals surface area contributed by atoms with E-state index in [1.807, 2.05) is 60.9 Å². The van der Waals surface area contributed by atoms with Crippen molar-refractivity contribution < 1.29 is 19.4 Å². The van der Waals surface area contributed by atoms with Crippen molar-refractivity contribution in [2.45, 2.75) is 20.4 Å². The number of carbonyl (C=O) groups excluding carboxylic acids is 1. The highest BCUT2D eigenvalue weighted by atomic mass is 16.5. The number of nitrogens with zero attached hydrogens (tertiary/aromatic N) is 1. The molecule has 0 saturated carbocycles. The average molecular weight is 352 g/mol. The van der Waals surface area contributed by atoms with E-state index in [2.05, 4.69) is 0 Å². The molecule has 1 aromatic heterocycles. The first-order valence-corrected chi connectivity index (χ1v) is 8.21. The highest BCUT2D eigenvalue weighted by Gasteiger charge is 2.23. The van der Waals surface area contributed by atoms with Crippen LogP contribution < -0.4 is 10.5 Å². The monoisotopic (exact) mass is 352 g/mol. The number of amides is 1. The van der Waals surface area contributed by atoms with Crippen LogP contribution in [0.2, 0.25) is 0 Å². The second-order valence-corrected chi connectivity index (χ2v) is 6.18. The Bertz CT molecular complexity index is 990. The smallest absolute Gasteiger partial charge is 0.341 e. The molecule has 0 unspecified atom stereocenters. The number of primary amides is 1. The van der Waals surface area contributed by atoms with E-state index in [1.165, 1.54) is 0 Å². The van der Waals surface area contributed by atoms with Gasteiger partial charge in [-0.3, -0.25) is 4.79 Å². The molecule has 26 heavy (non-hydrogen) atoms. The summed E-state index contributed by atoms with van der Waals surface area (Å²) in [7, 11) is 0. The number of nitrogens with two attached hydrogens (primary N) is 1. The number of benzene rings is 2. The van der Waals surface area contributed by atoms with Crippen molar-refractivity contribution in [1.29, 1.82) is 0 Å². The fourth-order valence-electron chi connectivity index (χ4n) is 3.23. The van der Waals surface area contributed by atoms with Crippen LogP contribution in [0.3, 0.4) is 0 Å². The zero-order valence-corrected chi connectivity index (χ0v) is 14.7. The van der Waals surface area contributed by atoms with Crippen LogP contribution in [-0.2, 0) is 11.3 Å². The van der Waals surface area contributed by atoms with E-state index >= 15 is 0 Å². The normalized spacial score (nSPS) is 10.8. The Morgan fingerprint density at radius 3 is 2.42 bits per heavy atom. The van der Waals surface area contributed by atoms with Crippen molar-refractivity contribution in [3.05, 3.63) is 64.8 Å². The van der Waals surface area contributed by atoms with E-state index < -0.39 is 18.5 Å². The van der Waals surface area contributed by atoms with Crippen molar-refractivity contribution in [2.24, 2.45) is 5.73 Å². The lowest BCUT2D eigenvalue weighted by Crippen LogP contribution is -2.14. The molecule has 0 radical (unpaired) electrons. The van der Waals surface area contributed by atoms with E-state index in [-0.39, 0.29) is 0 Å². The number of aromatic nitrogens is 1. The number of carbonyl (C=O) groups is 2. The van der Waals surface area contributed by atoms with Gasteiger partial charge < -0.3 is 20.1 Å². The van der Waals surface area contributed by atoms with Gasteiger partial charge in [-0.25, -0.2) is 4.79 Å². The standard InChI is InChI=1S/C20H20N2O4/c1-12-8-9-15-18(19(12)26-11-16(23)24)17(20(21)25)13(2)22(15)10-14-6-4-3-5-7-14/h3-9H,10-11H2,1-2H3,(H2,21,25)(H,23,24). The molecule has 0 saturated heterocycles. The number of carboxylic acids is 1. The van der Waals surface area contributed by atoms with Crippen LogP contribution in [-0.4, -0.2) is 28.2 Å². The predicted molar refractivity (Wildman–Crippen MR) is 98.6 cm³/mol. The van der Waals surface area contributed by atoms with Crippen LogP contribution in [0.25, 0.3) is 10.9 Å². The lowest BCUT2D eigenvalue weighted by Gasteiger charge is -2.11. The first kappa shape index (κ1) is 17.5. The molecule has 3 aromatic rings. The number of aryl methyl sites for hydroxylation is 1. The van der Waals surface area contributed by atoms with Gasteiger partial charge in [0.2, 0.25) is 0 Å². The predicted octanol–water partition coefficient (Wildman–Crippen LogP) is 2.87. The largest absolute Gasteiger partial charge is 0.481 e. The molecular formula is C20H20N2O4. The van der Waals surface area contributed by atoms with Crippen molar-refractivity contribution in [1.82, 2.24) is 4.57 Å². The van der Waals surface area contributed by atoms with Gasteiger partial charge in [-0.15, -0.1) is 0 Å². The third kappa shape index (κ3) is 3.13. The SMILES string of the molecule is Cc1ccc2c(c1OCC(=O)O)c(C(N)=O)c(C)n2Cc1ccccc1. The number of ether oxygens (including phenoxy) is 1. The van der Waals surface area contributed by atoms with E-state index in [9.17, 15) is 9.59 Å². The number of rotatable bonds is 6. The Morgan fingerprint density at radius 1 is 1.12 bits per heavy atom. The molecule has 3 rings (SSSR count). The van der Waals surface area contributed by atoms with E-state index in [4.69, 9.17) is 15.6 Å². The Balaban J connectivity index is 2.24. The average Bonchev–Trinajstić information content (AvgIpc) is 2.87. The molecule has 1 heterocycles. The lowest BCUT2D eigenvalue weighted by molar-refractivity contribution is -0.139. The van der Waals surface area contributed by atoms with Crippen LogP contribution in [0.1, 0.15) is 27.2 Å². The Morgan fingerprint density at radius 2 is 1.81 bits per heavy atom. The van der Waals surface area contributed by atoms with Gasteiger partial charge in [0, 0.05) is 12.2 Å². The summed E-state index contributed by atoms with van der Waals surface area (Å²) in [5.74, 6) is -1.26. The molecule has 6 nitrogen and oxygen atoms in total. The maximum atomic E-state index is 12.1. The summed E-state index contributed by atoms with van der Waals surface area (Å²) in [6, 6.07) is 13.6. The van der Waals surface area contributed by atoms with Crippen LogP contribution in [0, 0.1) is 13.8 Å². The van der Waals surface area contributed by atoms with E-state index in [0.717, 1.165) is 22.3 Å². The highest BCUT2D eigenvalue weighted by Crippen LogP contribution is 2.36.